The monoisotopic (exact) mass is 241 g/mol. The van der Waals surface area contributed by atoms with Gasteiger partial charge in [-0.25, -0.2) is 9.78 Å². The molecule has 2 N–H and O–H groups in total. The van der Waals surface area contributed by atoms with Crippen molar-refractivity contribution in [3.63, 3.8) is 0 Å². The molecule has 1 aromatic rings. The molecule has 0 bridgehead atoms. The fourth-order valence-corrected chi connectivity index (χ4v) is 1.58. The summed E-state index contributed by atoms with van der Waals surface area (Å²) in [6.07, 6.45) is 0.573. The fraction of sp³-hybridized carbons (Fsp3) is 0.400. The van der Waals surface area contributed by atoms with Crippen LogP contribution >= 0.6 is 0 Å². The first kappa shape index (κ1) is 11.6. The maximum absolute atomic E-state index is 10.8. The number of methoxy groups -OCH3 is 1. The van der Waals surface area contributed by atoms with Gasteiger partial charge in [-0.15, -0.1) is 0 Å². The first-order valence-electron chi connectivity index (χ1n) is 4.87. The Morgan fingerprint density at radius 2 is 2.18 bits per heavy atom. The number of aromatic carboxylic acids is 1. The van der Waals surface area contributed by atoms with E-state index in [0.717, 1.165) is 0 Å². The zero-order valence-corrected chi connectivity index (χ0v) is 9.04. The maximum atomic E-state index is 10.8. The number of nitrogens with zero attached hydrogens (tertiary/aromatic N) is 1. The van der Waals surface area contributed by atoms with Gasteiger partial charge in [0.15, 0.2) is 23.5 Å². The zero-order valence-electron chi connectivity index (χ0n) is 9.04. The molecule has 0 radical (unpaired) electrons. The van der Waals surface area contributed by atoms with Gasteiger partial charge < -0.3 is 24.4 Å². The Morgan fingerprint density at radius 3 is 2.71 bits per heavy atom. The van der Waals surface area contributed by atoms with Gasteiger partial charge in [0, 0.05) is 6.20 Å². The standard InChI is InChI=1S/C10H11NO6/c1-15-8-5(10-16-2-3-17-10)4-11-6(7(8)12)9(13)14/h4,10,12H,2-3H2,1H3,(H,13,14). The van der Waals surface area contributed by atoms with Crippen molar-refractivity contribution < 1.29 is 29.2 Å². The molecule has 0 saturated carbocycles. The molecule has 2 heterocycles. The SMILES string of the molecule is COc1c(C2OCCO2)cnc(C(=O)O)c1O. The van der Waals surface area contributed by atoms with Gasteiger partial charge in [-0.3, -0.25) is 0 Å². The smallest absolute Gasteiger partial charge is 0.358 e. The predicted molar refractivity (Wildman–Crippen MR) is 54.1 cm³/mol. The van der Waals surface area contributed by atoms with E-state index in [4.69, 9.17) is 19.3 Å². The molecule has 92 valence electrons. The number of rotatable bonds is 3. The van der Waals surface area contributed by atoms with Gasteiger partial charge in [0.2, 0.25) is 0 Å². The van der Waals surface area contributed by atoms with Crippen LogP contribution in [0.3, 0.4) is 0 Å². The number of ether oxygens (including phenoxy) is 3. The van der Waals surface area contributed by atoms with Gasteiger partial charge in [-0.2, -0.15) is 0 Å². The second kappa shape index (κ2) is 4.56. The Balaban J connectivity index is 2.46. The highest BCUT2D eigenvalue weighted by Crippen LogP contribution is 2.38. The number of hydrogen-bond acceptors (Lipinski definition) is 6. The number of carboxylic acids is 1. The Bertz CT molecular complexity index is 441. The molecule has 0 amide bonds. The van der Waals surface area contributed by atoms with E-state index in [1.54, 1.807) is 0 Å². The Hall–Kier alpha value is -1.86. The normalized spacial score (nSPS) is 16.1. The largest absolute Gasteiger partial charge is 0.503 e. The van der Waals surface area contributed by atoms with Crippen LogP contribution in [0.4, 0.5) is 0 Å². The van der Waals surface area contributed by atoms with Gasteiger partial charge in [0.1, 0.15) is 0 Å². The molecule has 1 fully saturated rings. The number of carbonyl (C=O) groups is 1. The van der Waals surface area contributed by atoms with Crippen molar-refractivity contribution in [2.45, 2.75) is 6.29 Å². The van der Waals surface area contributed by atoms with Crippen molar-refractivity contribution in [2.24, 2.45) is 0 Å². The van der Waals surface area contributed by atoms with Crippen LogP contribution in [0.2, 0.25) is 0 Å². The third kappa shape index (κ3) is 2.02. The molecular formula is C10H11NO6. The van der Waals surface area contributed by atoms with E-state index in [1.165, 1.54) is 13.3 Å². The average Bonchev–Trinajstić information content (AvgIpc) is 2.81. The van der Waals surface area contributed by atoms with E-state index in [1.807, 2.05) is 0 Å². The number of hydrogen-bond donors (Lipinski definition) is 2. The third-order valence-corrected chi connectivity index (χ3v) is 2.32. The van der Waals surface area contributed by atoms with Crippen molar-refractivity contribution in [1.29, 1.82) is 0 Å². The summed E-state index contributed by atoms with van der Waals surface area (Å²) in [7, 11) is 1.32. The van der Waals surface area contributed by atoms with Crippen molar-refractivity contribution in [2.75, 3.05) is 20.3 Å². The lowest BCUT2D eigenvalue weighted by Gasteiger charge is -2.15. The highest BCUT2D eigenvalue weighted by molar-refractivity contribution is 5.89. The Labute approximate surface area is 96.6 Å². The zero-order chi connectivity index (χ0) is 12.4. The average molecular weight is 241 g/mol. The summed E-state index contributed by atoms with van der Waals surface area (Å²) in [6, 6.07) is 0. The second-order valence-electron chi connectivity index (χ2n) is 3.32. The first-order chi connectivity index (χ1) is 8.15. The second-order valence-corrected chi connectivity index (χ2v) is 3.32. The number of pyridine rings is 1. The minimum atomic E-state index is -1.33. The van der Waals surface area contributed by atoms with E-state index >= 15 is 0 Å². The summed E-state index contributed by atoms with van der Waals surface area (Å²) in [4.78, 5) is 14.4. The molecule has 7 nitrogen and oxygen atoms in total. The lowest BCUT2D eigenvalue weighted by atomic mass is 10.2. The van der Waals surface area contributed by atoms with Crippen molar-refractivity contribution in [3.05, 3.63) is 17.5 Å². The van der Waals surface area contributed by atoms with Crippen LogP contribution in [0.1, 0.15) is 22.3 Å². The van der Waals surface area contributed by atoms with Gasteiger partial charge in [-0.05, 0) is 0 Å². The molecule has 1 saturated heterocycles. The molecule has 0 atom stereocenters. The lowest BCUT2D eigenvalue weighted by molar-refractivity contribution is -0.0459. The third-order valence-electron chi connectivity index (χ3n) is 2.32. The van der Waals surface area contributed by atoms with Gasteiger partial charge in [-0.1, -0.05) is 0 Å². The molecule has 0 unspecified atom stereocenters. The van der Waals surface area contributed by atoms with E-state index in [9.17, 15) is 9.90 Å². The highest BCUT2D eigenvalue weighted by atomic mass is 16.7. The van der Waals surface area contributed by atoms with Crippen LogP contribution in [0, 0.1) is 0 Å². The van der Waals surface area contributed by atoms with E-state index in [2.05, 4.69) is 4.98 Å². The van der Waals surface area contributed by atoms with E-state index < -0.39 is 23.7 Å². The van der Waals surface area contributed by atoms with Gasteiger partial charge in [0.25, 0.3) is 0 Å². The number of aromatic nitrogens is 1. The van der Waals surface area contributed by atoms with Crippen LogP contribution in [0.25, 0.3) is 0 Å². The predicted octanol–water partition coefficient (Wildman–Crippen LogP) is 0.539. The maximum Gasteiger partial charge on any atom is 0.358 e. The Morgan fingerprint density at radius 1 is 1.53 bits per heavy atom. The topological polar surface area (TPSA) is 98.1 Å². The van der Waals surface area contributed by atoms with Crippen LogP contribution in [0.15, 0.2) is 6.20 Å². The molecular weight excluding hydrogens is 230 g/mol. The van der Waals surface area contributed by atoms with Crippen LogP contribution in [-0.2, 0) is 9.47 Å². The molecule has 0 aromatic carbocycles. The molecule has 1 aliphatic heterocycles. The Kier molecular flexibility index (Phi) is 3.12. The summed E-state index contributed by atoms with van der Waals surface area (Å²) < 4.78 is 15.4. The molecule has 1 aromatic heterocycles. The fourth-order valence-electron chi connectivity index (χ4n) is 1.58. The summed E-state index contributed by atoms with van der Waals surface area (Å²) in [5.74, 6) is -1.86. The first-order valence-corrected chi connectivity index (χ1v) is 4.87. The molecule has 7 heteroatoms. The molecule has 0 spiro atoms. The minimum absolute atomic E-state index is 0.00398. The van der Waals surface area contributed by atoms with Crippen molar-refractivity contribution in [1.82, 2.24) is 4.98 Å². The number of aromatic hydroxyl groups is 1. The summed E-state index contributed by atoms with van der Waals surface area (Å²) in [5, 5.41) is 18.5. The van der Waals surface area contributed by atoms with Crippen molar-refractivity contribution in [3.8, 4) is 11.5 Å². The van der Waals surface area contributed by atoms with E-state index in [0.29, 0.717) is 18.8 Å². The lowest BCUT2D eigenvalue weighted by Crippen LogP contribution is -2.07. The van der Waals surface area contributed by atoms with Crippen molar-refractivity contribution >= 4 is 5.97 Å². The highest BCUT2D eigenvalue weighted by Gasteiger charge is 2.27. The van der Waals surface area contributed by atoms with Gasteiger partial charge >= 0.3 is 5.97 Å². The molecule has 1 aliphatic rings. The quantitative estimate of drug-likeness (QED) is 0.796. The summed E-state index contributed by atoms with van der Waals surface area (Å²) in [6.45, 7) is 0.852. The summed E-state index contributed by atoms with van der Waals surface area (Å²) >= 11 is 0. The molecule has 0 aliphatic carbocycles. The van der Waals surface area contributed by atoms with Gasteiger partial charge in [0.05, 0.1) is 25.9 Å². The molecule has 17 heavy (non-hydrogen) atoms. The van der Waals surface area contributed by atoms with Crippen LogP contribution < -0.4 is 4.74 Å². The summed E-state index contributed by atoms with van der Waals surface area (Å²) in [5.41, 5.74) is -0.101. The van der Waals surface area contributed by atoms with E-state index in [-0.39, 0.29) is 5.75 Å². The van der Waals surface area contributed by atoms with Crippen LogP contribution in [-0.4, -0.2) is 41.5 Å². The van der Waals surface area contributed by atoms with Crippen LogP contribution in [0.5, 0.6) is 11.5 Å². The molecule has 2 rings (SSSR count). The number of carboxylic acid groups (broad SMARTS) is 1. The minimum Gasteiger partial charge on any atom is -0.503 e.